The molecule has 0 saturated carbocycles. The Kier molecular flexibility index (Phi) is 7.82. The zero-order chi connectivity index (χ0) is 18.7. The first kappa shape index (κ1) is 19.5. The van der Waals surface area contributed by atoms with Crippen LogP contribution in [0.3, 0.4) is 0 Å². The Morgan fingerprint density at radius 3 is 1.70 bits per heavy atom. The first-order valence-electron chi connectivity index (χ1n) is 9.51. The van der Waals surface area contributed by atoms with Gasteiger partial charge in [-0.2, -0.15) is 11.8 Å². The van der Waals surface area contributed by atoms with Crippen LogP contribution in [0.4, 0.5) is 11.4 Å². The van der Waals surface area contributed by atoms with Crippen LogP contribution < -0.4 is 4.90 Å². The summed E-state index contributed by atoms with van der Waals surface area (Å²) in [6, 6.07) is 32.0. The van der Waals surface area contributed by atoms with E-state index in [1.165, 1.54) is 16.9 Å². The van der Waals surface area contributed by atoms with Crippen LogP contribution in [-0.4, -0.2) is 37.3 Å². The minimum atomic E-state index is 0.980. The lowest BCUT2D eigenvalue weighted by Crippen LogP contribution is -2.31. The average Bonchev–Trinajstić information content (AvgIpc) is 2.74. The number of hydrogen-bond donors (Lipinski definition) is 0. The molecule has 0 aliphatic carbocycles. The van der Waals surface area contributed by atoms with E-state index in [9.17, 15) is 0 Å². The van der Waals surface area contributed by atoms with Gasteiger partial charge >= 0.3 is 0 Å². The molecule has 0 aliphatic rings. The van der Waals surface area contributed by atoms with Crippen LogP contribution >= 0.6 is 11.8 Å². The molecule has 3 rings (SSSR count). The normalized spacial score (nSPS) is 10.9. The number of anilines is 2. The van der Waals surface area contributed by atoms with Gasteiger partial charge < -0.3 is 9.80 Å². The molecule has 27 heavy (non-hydrogen) atoms. The Balaban J connectivity index is 1.48. The SMILES string of the molecule is CN(CCSCc1ccccc1)CCN(c1ccccc1)c1ccccc1. The summed E-state index contributed by atoms with van der Waals surface area (Å²) in [7, 11) is 2.22. The monoisotopic (exact) mass is 376 g/mol. The molecule has 0 spiro atoms. The molecule has 0 amide bonds. The molecule has 0 radical (unpaired) electrons. The zero-order valence-corrected chi connectivity index (χ0v) is 16.8. The van der Waals surface area contributed by atoms with Crippen molar-refractivity contribution in [2.75, 3.05) is 37.3 Å². The van der Waals surface area contributed by atoms with E-state index >= 15 is 0 Å². The summed E-state index contributed by atoms with van der Waals surface area (Å²) < 4.78 is 0. The highest BCUT2D eigenvalue weighted by Gasteiger charge is 2.10. The molecule has 0 aromatic heterocycles. The molecule has 3 aromatic carbocycles. The van der Waals surface area contributed by atoms with Gasteiger partial charge in [0.05, 0.1) is 0 Å². The molecule has 0 N–H and O–H groups in total. The third-order valence-electron chi connectivity index (χ3n) is 4.57. The minimum Gasteiger partial charge on any atom is -0.340 e. The van der Waals surface area contributed by atoms with Crippen molar-refractivity contribution >= 4 is 23.1 Å². The molecular formula is C24H28N2S. The number of hydrogen-bond acceptors (Lipinski definition) is 3. The van der Waals surface area contributed by atoms with Gasteiger partial charge in [-0.15, -0.1) is 0 Å². The predicted octanol–water partition coefficient (Wildman–Crippen LogP) is 5.69. The summed E-state index contributed by atoms with van der Waals surface area (Å²) in [5.74, 6) is 2.25. The van der Waals surface area contributed by atoms with Crippen LogP contribution in [0.1, 0.15) is 5.56 Å². The van der Waals surface area contributed by atoms with Crippen molar-refractivity contribution in [1.82, 2.24) is 4.90 Å². The maximum Gasteiger partial charge on any atom is 0.0411 e. The molecule has 0 atom stereocenters. The van der Waals surface area contributed by atoms with Crippen molar-refractivity contribution in [3.8, 4) is 0 Å². The first-order valence-corrected chi connectivity index (χ1v) is 10.7. The van der Waals surface area contributed by atoms with Crippen molar-refractivity contribution in [2.45, 2.75) is 5.75 Å². The molecule has 140 valence electrons. The molecule has 3 aromatic rings. The summed E-state index contributed by atoms with van der Waals surface area (Å²) in [4.78, 5) is 4.82. The molecule has 0 aliphatic heterocycles. The van der Waals surface area contributed by atoms with E-state index in [0.717, 1.165) is 31.1 Å². The van der Waals surface area contributed by atoms with Crippen molar-refractivity contribution < 1.29 is 0 Å². The highest BCUT2D eigenvalue weighted by atomic mass is 32.2. The number of benzene rings is 3. The van der Waals surface area contributed by atoms with Gasteiger partial charge in [-0.1, -0.05) is 66.7 Å². The Bertz CT molecular complexity index is 723. The molecule has 0 fully saturated rings. The van der Waals surface area contributed by atoms with Gasteiger partial charge in [0.25, 0.3) is 0 Å². The Morgan fingerprint density at radius 2 is 1.15 bits per heavy atom. The van der Waals surface area contributed by atoms with Crippen molar-refractivity contribution in [2.24, 2.45) is 0 Å². The van der Waals surface area contributed by atoms with Gasteiger partial charge in [0.15, 0.2) is 0 Å². The maximum atomic E-state index is 2.43. The quantitative estimate of drug-likeness (QED) is 0.420. The van der Waals surface area contributed by atoms with Gasteiger partial charge in [0, 0.05) is 42.5 Å². The second-order valence-electron chi connectivity index (χ2n) is 6.66. The van der Waals surface area contributed by atoms with Gasteiger partial charge in [-0.25, -0.2) is 0 Å². The number of nitrogens with zero attached hydrogens (tertiary/aromatic N) is 2. The lowest BCUT2D eigenvalue weighted by atomic mass is 10.2. The fourth-order valence-corrected chi connectivity index (χ4v) is 4.00. The molecule has 0 saturated heterocycles. The molecule has 0 unspecified atom stereocenters. The highest BCUT2D eigenvalue weighted by molar-refractivity contribution is 7.98. The van der Waals surface area contributed by atoms with Gasteiger partial charge in [0.1, 0.15) is 0 Å². The van der Waals surface area contributed by atoms with Crippen LogP contribution in [0.2, 0.25) is 0 Å². The Hall–Kier alpha value is -2.23. The first-order chi connectivity index (χ1) is 13.3. The second kappa shape index (κ2) is 10.8. The third-order valence-corrected chi connectivity index (χ3v) is 5.58. The fraction of sp³-hybridized carbons (Fsp3) is 0.250. The maximum absolute atomic E-state index is 2.43. The van der Waals surface area contributed by atoms with E-state index < -0.39 is 0 Å². The number of thioether (sulfide) groups is 1. The fourth-order valence-electron chi connectivity index (χ4n) is 2.99. The summed E-state index contributed by atoms with van der Waals surface area (Å²) in [5.41, 5.74) is 3.90. The molecule has 3 heteroatoms. The summed E-state index contributed by atoms with van der Waals surface area (Å²) in [6.07, 6.45) is 0. The van der Waals surface area contributed by atoms with Crippen LogP contribution in [0.15, 0.2) is 91.0 Å². The molecule has 2 nitrogen and oxygen atoms in total. The third kappa shape index (κ3) is 6.46. The van der Waals surface area contributed by atoms with Gasteiger partial charge in [-0.3, -0.25) is 0 Å². The van der Waals surface area contributed by atoms with E-state index in [1.54, 1.807) is 0 Å². The molecule has 0 heterocycles. The zero-order valence-electron chi connectivity index (χ0n) is 16.0. The second-order valence-corrected chi connectivity index (χ2v) is 7.77. The van der Waals surface area contributed by atoms with Crippen molar-refractivity contribution in [3.63, 3.8) is 0 Å². The lowest BCUT2D eigenvalue weighted by molar-refractivity contribution is 0.365. The molecule has 0 bridgehead atoms. The number of para-hydroxylation sites is 2. The standard InChI is InChI=1S/C24H28N2S/c1-25(19-20-27-21-22-11-5-2-6-12-22)17-18-26(23-13-7-3-8-14-23)24-15-9-4-10-16-24/h2-16H,17-21H2,1H3. The topological polar surface area (TPSA) is 6.48 Å². The number of rotatable bonds is 10. The van der Waals surface area contributed by atoms with Crippen LogP contribution in [0.25, 0.3) is 0 Å². The highest BCUT2D eigenvalue weighted by Crippen LogP contribution is 2.24. The molecular weight excluding hydrogens is 348 g/mol. The predicted molar refractivity (Wildman–Crippen MR) is 120 cm³/mol. The van der Waals surface area contributed by atoms with Crippen LogP contribution in [-0.2, 0) is 5.75 Å². The van der Waals surface area contributed by atoms with E-state index in [0.29, 0.717) is 0 Å². The van der Waals surface area contributed by atoms with E-state index in [-0.39, 0.29) is 0 Å². The summed E-state index contributed by atoms with van der Waals surface area (Å²) in [5, 5.41) is 0. The van der Waals surface area contributed by atoms with Crippen molar-refractivity contribution in [3.05, 3.63) is 96.6 Å². The number of likely N-dealkylation sites (N-methyl/N-ethyl adjacent to an activating group) is 1. The lowest BCUT2D eigenvalue weighted by Gasteiger charge is -2.27. The van der Waals surface area contributed by atoms with Gasteiger partial charge in [-0.05, 0) is 36.9 Å². The Morgan fingerprint density at radius 1 is 0.630 bits per heavy atom. The largest absolute Gasteiger partial charge is 0.340 e. The van der Waals surface area contributed by atoms with Gasteiger partial charge in [0.2, 0.25) is 0 Å². The minimum absolute atomic E-state index is 0.980. The Labute approximate surface area is 167 Å². The van der Waals surface area contributed by atoms with Crippen LogP contribution in [0.5, 0.6) is 0 Å². The van der Waals surface area contributed by atoms with Crippen molar-refractivity contribution in [1.29, 1.82) is 0 Å². The van der Waals surface area contributed by atoms with E-state index in [2.05, 4.69) is 108 Å². The summed E-state index contributed by atoms with van der Waals surface area (Å²) >= 11 is 2.01. The average molecular weight is 377 g/mol. The van der Waals surface area contributed by atoms with Crippen LogP contribution in [0, 0.1) is 0 Å². The van der Waals surface area contributed by atoms with E-state index in [1.807, 2.05) is 11.8 Å². The van der Waals surface area contributed by atoms with E-state index in [4.69, 9.17) is 0 Å². The summed E-state index contributed by atoms with van der Waals surface area (Å²) in [6.45, 7) is 3.12. The smallest absolute Gasteiger partial charge is 0.0411 e.